The summed E-state index contributed by atoms with van der Waals surface area (Å²) in [7, 11) is 0. The number of carbonyl (C=O) groups is 1. The summed E-state index contributed by atoms with van der Waals surface area (Å²) in [5.41, 5.74) is 0.275. The number of amides is 2. The summed E-state index contributed by atoms with van der Waals surface area (Å²) >= 11 is 0. The average Bonchev–Trinajstić information content (AvgIpc) is 3.22. The quantitative estimate of drug-likeness (QED) is 0.420. The van der Waals surface area contributed by atoms with Crippen LogP contribution in [-0.4, -0.2) is 47.3 Å². The third-order valence-electron chi connectivity index (χ3n) is 4.11. The number of hydrogen-bond acceptors (Lipinski definition) is 6. The Hall–Kier alpha value is -3.63. The van der Waals surface area contributed by atoms with E-state index >= 15 is 0 Å². The van der Waals surface area contributed by atoms with Gasteiger partial charge >= 0.3 is 11.7 Å². The van der Waals surface area contributed by atoms with E-state index in [2.05, 4.69) is 35.7 Å². The van der Waals surface area contributed by atoms with Crippen LogP contribution in [0.1, 0.15) is 39.3 Å². The molecule has 29 heavy (non-hydrogen) atoms. The molecule has 5 N–H and O–H groups in total. The Morgan fingerprint density at radius 1 is 1.38 bits per heavy atom. The van der Waals surface area contributed by atoms with E-state index < -0.39 is 11.2 Å². The molecule has 0 atom stereocenters. The Morgan fingerprint density at radius 3 is 2.76 bits per heavy atom. The third kappa shape index (κ3) is 4.28. The van der Waals surface area contributed by atoms with Crippen molar-refractivity contribution in [1.82, 2.24) is 29.9 Å². The molecule has 3 aromatic heterocycles. The summed E-state index contributed by atoms with van der Waals surface area (Å²) in [5.74, 6) is 0.0386. The van der Waals surface area contributed by atoms with Gasteiger partial charge in [0.25, 0.3) is 0 Å². The van der Waals surface area contributed by atoms with Gasteiger partial charge in [-0.15, -0.1) is 0 Å². The SMILES string of the molecule is CC(C)(C)NC(=O)Nc1cc(=NC2CC2)n2ncc(=Cc3[nH]c(=O)[nH]c3O)c2n1. The van der Waals surface area contributed by atoms with Crippen molar-refractivity contribution in [2.45, 2.75) is 45.2 Å². The molecular formula is C18H22N8O3. The lowest BCUT2D eigenvalue weighted by Gasteiger charge is -2.20. The summed E-state index contributed by atoms with van der Waals surface area (Å²) < 4.78 is 1.57. The molecule has 0 unspecified atom stereocenters. The molecule has 1 fully saturated rings. The Labute approximate surface area is 164 Å². The number of nitrogens with one attached hydrogen (secondary N) is 4. The van der Waals surface area contributed by atoms with Crippen molar-refractivity contribution in [3.8, 4) is 5.88 Å². The molecule has 0 spiro atoms. The van der Waals surface area contributed by atoms with Crippen LogP contribution in [0.5, 0.6) is 5.88 Å². The number of aromatic nitrogens is 5. The van der Waals surface area contributed by atoms with Gasteiger partial charge in [-0.2, -0.15) is 9.61 Å². The van der Waals surface area contributed by atoms with Crippen molar-refractivity contribution < 1.29 is 9.90 Å². The number of aromatic hydroxyl groups is 1. The minimum Gasteiger partial charge on any atom is -0.493 e. The van der Waals surface area contributed by atoms with E-state index in [1.54, 1.807) is 22.9 Å². The number of hydrogen-bond donors (Lipinski definition) is 5. The molecule has 3 heterocycles. The highest BCUT2D eigenvalue weighted by molar-refractivity contribution is 5.88. The second-order valence-electron chi connectivity index (χ2n) is 8.01. The zero-order valence-corrected chi connectivity index (χ0v) is 16.3. The summed E-state index contributed by atoms with van der Waals surface area (Å²) in [6.07, 6.45) is 5.12. The van der Waals surface area contributed by atoms with Crippen LogP contribution >= 0.6 is 0 Å². The molecule has 1 saturated carbocycles. The van der Waals surface area contributed by atoms with Crippen LogP contribution in [0.2, 0.25) is 0 Å². The molecule has 0 radical (unpaired) electrons. The molecule has 11 heteroatoms. The molecule has 11 nitrogen and oxygen atoms in total. The lowest BCUT2D eigenvalue weighted by atomic mass is 10.1. The number of urea groups is 1. The van der Waals surface area contributed by atoms with E-state index in [0.717, 1.165) is 12.8 Å². The number of aromatic amines is 2. The van der Waals surface area contributed by atoms with Crippen LogP contribution in [0.25, 0.3) is 11.7 Å². The Balaban J connectivity index is 1.82. The highest BCUT2D eigenvalue weighted by atomic mass is 16.3. The van der Waals surface area contributed by atoms with Crippen molar-refractivity contribution in [3.63, 3.8) is 0 Å². The number of nitrogens with zero attached hydrogens (tertiary/aromatic N) is 4. The van der Waals surface area contributed by atoms with Crippen molar-refractivity contribution in [2.75, 3.05) is 5.32 Å². The van der Waals surface area contributed by atoms with E-state index in [9.17, 15) is 14.7 Å². The van der Waals surface area contributed by atoms with Crippen molar-refractivity contribution in [3.05, 3.63) is 39.1 Å². The fraction of sp³-hybridized carbons (Fsp3) is 0.389. The molecule has 0 saturated heterocycles. The maximum absolute atomic E-state index is 12.3. The molecule has 1 aliphatic carbocycles. The molecule has 3 aromatic rings. The lowest BCUT2D eigenvalue weighted by Crippen LogP contribution is -2.43. The minimum atomic E-state index is -0.524. The first kappa shape index (κ1) is 18.7. The molecule has 1 aliphatic rings. The van der Waals surface area contributed by atoms with Crippen LogP contribution in [0.15, 0.2) is 22.1 Å². The van der Waals surface area contributed by atoms with E-state index in [-0.39, 0.29) is 23.6 Å². The molecule has 152 valence electrons. The maximum Gasteiger partial charge on any atom is 0.326 e. The zero-order valence-electron chi connectivity index (χ0n) is 16.3. The normalized spacial score (nSPS) is 15.8. The van der Waals surface area contributed by atoms with Crippen molar-refractivity contribution >= 4 is 23.6 Å². The van der Waals surface area contributed by atoms with Gasteiger partial charge in [0.1, 0.15) is 11.5 Å². The predicted octanol–water partition coefficient (Wildman–Crippen LogP) is -0.0179. The first-order valence-electron chi connectivity index (χ1n) is 9.23. The first-order chi connectivity index (χ1) is 13.7. The van der Waals surface area contributed by atoms with E-state index in [1.807, 2.05) is 20.8 Å². The van der Waals surface area contributed by atoms with Gasteiger partial charge in [0, 0.05) is 16.8 Å². The summed E-state index contributed by atoms with van der Waals surface area (Å²) in [6.45, 7) is 5.64. The van der Waals surface area contributed by atoms with Gasteiger partial charge in [-0.25, -0.2) is 14.6 Å². The number of carbonyl (C=O) groups excluding carboxylic acids is 1. The van der Waals surface area contributed by atoms with Crippen LogP contribution < -0.4 is 27.0 Å². The molecule has 0 aromatic carbocycles. The van der Waals surface area contributed by atoms with Gasteiger partial charge in [-0.3, -0.25) is 15.3 Å². The van der Waals surface area contributed by atoms with Crippen molar-refractivity contribution in [1.29, 1.82) is 0 Å². The summed E-state index contributed by atoms with van der Waals surface area (Å²) in [5, 5.41) is 20.2. The van der Waals surface area contributed by atoms with E-state index in [0.29, 0.717) is 22.2 Å². The van der Waals surface area contributed by atoms with Gasteiger partial charge < -0.3 is 15.4 Å². The monoisotopic (exact) mass is 398 g/mol. The highest BCUT2D eigenvalue weighted by Crippen LogP contribution is 2.22. The summed E-state index contributed by atoms with van der Waals surface area (Å²) in [4.78, 5) is 37.5. The fourth-order valence-electron chi connectivity index (χ4n) is 2.75. The Kier molecular flexibility index (Phi) is 4.36. The number of rotatable bonds is 3. The highest BCUT2D eigenvalue weighted by Gasteiger charge is 2.21. The topological polar surface area (TPSA) is 153 Å². The lowest BCUT2D eigenvalue weighted by molar-refractivity contribution is 0.243. The van der Waals surface area contributed by atoms with Gasteiger partial charge in [0.05, 0.1) is 12.2 Å². The number of imidazole rings is 1. The average molecular weight is 398 g/mol. The van der Waals surface area contributed by atoms with Crippen molar-refractivity contribution in [2.24, 2.45) is 4.99 Å². The van der Waals surface area contributed by atoms with E-state index in [4.69, 9.17) is 0 Å². The molecule has 4 rings (SSSR count). The van der Waals surface area contributed by atoms with Crippen LogP contribution in [0.4, 0.5) is 10.6 Å². The molecule has 0 aliphatic heterocycles. The van der Waals surface area contributed by atoms with Crippen LogP contribution in [-0.2, 0) is 0 Å². The molecule has 2 amide bonds. The first-order valence-corrected chi connectivity index (χ1v) is 9.23. The number of fused-ring (bicyclic) bond motifs is 1. The minimum absolute atomic E-state index is 0.205. The van der Waals surface area contributed by atoms with Gasteiger partial charge in [-0.1, -0.05) is 0 Å². The Morgan fingerprint density at radius 2 is 2.14 bits per heavy atom. The van der Waals surface area contributed by atoms with Gasteiger partial charge in [-0.05, 0) is 39.7 Å². The summed E-state index contributed by atoms with van der Waals surface area (Å²) in [6, 6.07) is 1.52. The fourth-order valence-corrected chi connectivity index (χ4v) is 2.75. The second kappa shape index (κ2) is 6.76. The van der Waals surface area contributed by atoms with Gasteiger partial charge in [0.2, 0.25) is 5.88 Å². The molecule has 0 bridgehead atoms. The number of H-pyrrole nitrogens is 2. The standard InChI is InChI=1S/C18H22N8O3/c1-18(2,3)25-17(29)23-12-7-13(20-10-4-5-10)26-14(22-12)9(8-19-26)6-11-15(27)24-16(28)21-11/h6-8,10,27H,4-5H2,1-3H3,(H2,21,24,28)(H2,23,25,29). The Bertz CT molecular complexity index is 1260. The maximum atomic E-state index is 12.3. The second-order valence-corrected chi connectivity index (χ2v) is 8.01. The zero-order chi connectivity index (χ0) is 20.8. The van der Waals surface area contributed by atoms with E-state index in [1.165, 1.54) is 0 Å². The number of anilines is 1. The smallest absolute Gasteiger partial charge is 0.326 e. The predicted molar refractivity (Wildman–Crippen MR) is 105 cm³/mol. The third-order valence-corrected chi connectivity index (χ3v) is 4.11. The largest absolute Gasteiger partial charge is 0.493 e. The molecular weight excluding hydrogens is 376 g/mol. The van der Waals surface area contributed by atoms with Crippen LogP contribution in [0, 0.1) is 0 Å². The van der Waals surface area contributed by atoms with Gasteiger partial charge in [0.15, 0.2) is 11.1 Å². The van der Waals surface area contributed by atoms with Crippen LogP contribution in [0.3, 0.4) is 0 Å².